The van der Waals surface area contributed by atoms with Crippen LogP contribution in [0.1, 0.15) is 18.0 Å². The Morgan fingerprint density at radius 2 is 1.85 bits per heavy atom. The Bertz CT molecular complexity index is 429. The fourth-order valence-electron chi connectivity index (χ4n) is 2.44. The van der Waals surface area contributed by atoms with Crippen molar-refractivity contribution in [2.75, 3.05) is 26.2 Å². The molecule has 114 valence electrons. The van der Waals surface area contributed by atoms with Crippen molar-refractivity contribution < 1.29 is 19.0 Å². The van der Waals surface area contributed by atoms with Crippen LogP contribution in [-0.4, -0.2) is 47.7 Å². The highest BCUT2D eigenvalue weighted by atomic mass is 35.5. The molecule has 1 saturated heterocycles. The Balaban J connectivity index is 0.00000200. The average molecular weight is 309 g/mol. The number of hydrogen-bond donors (Lipinski definition) is 3. The lowest BCUT2D eigenvalue weighted by Crippen LogP contribution is -2.45. The minimum Gasteiger partial charge on any atom is -0.508 e. The fraction of sp³-hybridized carbons (Fsp3) is 0.538. The van der Waals surface area contributed by atoms with Crippen molar-refractivity contribution in [1.82, 2.24) is 10.2 Å². The van der Waals surface area contributed by atoms with Gasteiger partial charge < -0.3 is 15.5 Å². The number of phenols is 2. The van der Waals surface area contributed by atoms with Gasteiger partial charge in [0.15, 0.2) is 0 Å². The zero-order valence-corrected chi connectivity index (χ0v) is 11.7. The molecule has 0 spiro atoms. The highest BCUT2D eigenvalue weighted by Crippen LogP contribution is 2.35. The van der Waals surface area contributed by atoms with Gasteiger partial charge in [-0.2, -0.15) is 0 Å². The molecule has 0 unspecified atom stereocenters. The molecule has 0 bridgehead atoms. The highest BCUT2D eigenvalue weighted by Gasteiger charge is 2.27. The maximum Gasteiger partial charge on any atom is 0.240 e. The zero-order valence-electron chi connectivity index (χ0n) is 10.9. The van der Waals surface area contributed by atoms with Gasteiger partial charge in [0, 0.05) is 44.2 Å². The first-order valence-corrected chi connectivity index (χ1v) is 6.32. The monoisotopic (exact) mass is 308 g/mol. The van der Waals surface area contributed by atoms with Crippen LogP contribution in [0.3, 0.4) is 0 Å². The molecule has 1 fully saturated rings. The summed E-state index contributed by atoms with van der Waals surface area (Å²) in [6, 6.07) is 3.47. The normalized spacial score (nSPS) is 17.8. The van der Waals surface area contributed by atoms with E-state index >= 15 is 0 Å². The minimum atomic E-state index is -2.46. The van der Waals surface area contributed by atoms with Crippen LogP contribution in [0.15, 0.2) is 18.2 Å². The molecule has 1 aromatic carbocycles. The molecule has 2 rings (SSSR count). The van der Waals surface area contributed by atoms with Crippen molar-refractivity contribution >= 4 is 12.4 Å². The molecule has 0 amide bonds. The van der Waals surface area contributed by atoms with Gasteiger partial charge in [-0.25, -0.2) is 8.78 Å². The lowest BCUT2D eigenvalue weighted by molar-refractivity contribution is 0.0729. The number of hydrogen-bond acceptors (Lipinski definition) is 4. The summed E-state index contributed by atoms with van der Waals surface area (Å²) in [6.45, 7) is 2.76. The first kappa shape index (κ1) is 16.9. The Morgan fingerprint density at radius 3 is 2.45 bits per heavy atom. The molecule has 1 atom stereocenters. The summed E-state index contributed by atoms with van der Waals surface area (Å²) >= 11 is 0. The van der Waals surface area contributed by atoms with Crippen LogP contribution >= 0.6 is 12.4 Å². The fourth-order valence-corrected chi connectivity index (χ4v) is 2.44. The van der Waals surface area contributed by atoms with Gasteiger partial charge >= 0.3 is 0 Å². The van der Waals surface area contributed by atoms with Crippen LogP contribution in [0.5, 0.6) is 11.5 Å². The molecular formula is C13H19ClF2N2O2. The van der Waals surface area contributed by atoms with Gasteiger partial charge in [0.05, 0.1) is 0 Å². The van der Waals surface area contributed by atoms with E-state index in [0.29, 0.717) is 18.7 Å². The summed E-state index contributed by atoms with van der Waals surface area (Å²) in [5.41, 5.74) is 0.363. The third kappa shape index (κ3) is 4.19. The van der Waals surface area contributed by atoms with E-state index in [0.717, 1.165) is 13.1 Å². The molecule has 1 aliphatic rings. The van der Waals surface area contributed by atoms with Gasteiger partial charge in [-0.1, -0.05) is 0 Å². The third-order valence-corrected chi connectivity index (χ3v) is 3.36. The number of piperazine rings is 1. The second kappa shape index (κ2) is 7.61. The highest BCUT2D eigenvalue weighted by molar-refractivity contribution is 5.85. The van der Waals surface area contributed by atoms with Gasteiger partial charge in [-0.15, -0.1) is 12.4 Å². The van der Waals surface area contributed by atoms with Gasteiger partial charge in [-0.05, 0) is 18.2 Å². The van der Waals surface area contributed by atoms with Gasteiger partial charge in [0.1, 0.15) is 11.5 Å². The Hall–Kier alpha value is -1.11. The molecule has 1 aromatic rings. The number of phenolic OH excluding ortho intramolecular Hbond substituents is 2. The van der Waals surface area contributed by atoms with E-state index in [-0.39, 0.29) is 30.3 Å². The Kier molecular flexibility index (Phi) is 6.45. The van der Waals surface area contributed by atoms with Gasteiger partial charge in [0.25, 0.3) is 0 Å². The summed E-state index contributed by atoms with van der Waals surface area (Å²) < 4.78 is 25.5. The van der Waals surface area contributed by atoms with Crippen LogP contribution in [0.25, 0.3) is 0 Å². The molecule has 20 heavy (non-hydrogen) atoms. The zero-order chi connectivity index (χ0) is 13.8. The summed E-state index contributed by atoms with van der Waals surface area (Å²) in [7, 11) is 0. The molecule has 0 aliphatic carbocycles. The SMILES string of the molecule is Cl.Oc1ccc(O)c([C@H](CC(F)F)N2CCNCC2)c1. The van der Waals surface area contributed by atoms with Gasteiger partial charge in [0.2, 0.25) is 6.43 Å². The number of aromatic hydroxyl groups is 2. The summed E-state index contributed by atoms with van der Waals surface area (Å²) in [5.74, 6) is -0.0795. The second-order valence-corrected chi connectivity index (χ2v) is 4.67. The topological polar surface area (TPSA) is 55.7 Å². The maximum absolute atomic E-state index is 12.8. The Morgan fingerprint density at radius 1 is 1.20 bits per heavy atom. The average Bonchev–Trinajstić information content (AvgIpc) is 2.40. The lowest BCUT2D eigenvalue weighted by atomic mass is 10.00. The number of nitrogens with one attached hydrogen (secondary N) is 1. The molecule has 0 radical (unpaired) electrons. The van der Waals surface area contributed by atoms with Crippen molar-refractivity contribution in [3.63, 3.8) is 0 Å². The third-order valence-electron chi connectivity index (χ3n) is 3.36. The molecule has 1 heterocycles. The van der Waals surface area contributed by atoms with E-state index in [4.69, 9.17) is 0 Å². The standard InChI is InChI=1S/C13H18F2N2O2.ClH/c14-13(15)8-11(17-5-3-16-4-6-17)10-7-9(18)1-2-12(10)19;/h1-2,7,11,13,16,18-19H,3-6,8H2;1H/t11-;/m0./s1. The van der Waals surface area contributed by atoms with E-state index < -0.39 is 12.5 Å². The van der Waals surface area contributed by atoms with Crippen LogP contribution < -0.4 is 5.32 Å². The van der Waals surface area contributed by atoms with Crippen LogP contribution in [0.2, 0.25) is 0 Å². The van der Waals surface area contributed by atoms with E-state index in [9.17, 15) is 19.0 Å². The molecule has 0 saturated carbocycles. The number of benzene rings is 1. The van der Waals surface area contributed by atoms with Crippen molar-refractivity contribution in [1.29, 1.82) is 0 Å². The van der Waals surface area contributed by atoms with Crippen molar-refractivity contribution in [3.05, 3.63) is 23.8 Å². The lowest BCUT2D eigenvalue weighted by Gasteiger charge is -2.35. The summed E-state index contributed by atoms with van der Waals surface area (Å²) in [4.78, 5) is 1.91. The van der Waals surface area contributed by atoms with Crippen molar-refractivity contribution in [2.45, 2.75) is 18.9 Å². The molecule has 1 aliphatic heterocycles. The van der Waals surface area contributed by atoms with Crippen LogP contribution in [0.4, 0.5) is 8.78 Å². The van der Waals surface area contributed by atoms with Crippen LogP contribution in [0, 0.1) is 0 Å². The summed E-state index contributed by atoms with van der Waals surface area (Å²) in [5, 5.41) is 22.5. The first-order valence-electron chi connectivity index (χ1n) is 6.32. The Labute approximate surface area is 122 Å². The largest absolute Gasteiger partial charge is 0.508 e. The quantitative estimate of drug-likeness (QED) is 0.746. The van der Waals surface area contributed by atoms with Crippen molar-refractivity contribution in [3.8, 4) is 11.5 Å². The second-order valence-electron chi connectivity index (χ2n) is 4.67. The number of halogens is 3. The van der Waals surface area contributed by atoms with E-state index in [1.807, 2.05) is 4.90 Å². The molecule has 0 aromatic heterocycles. The number of nitrogens with zero attached hydrogens (tertiary/aromatic N) is 1. The first-order chi connectivity index (χ1) is 9.08. The molecule has 3 N–H and O–H groups in total. The minimum absolute atomic E-state index is 0. The van der Waals surface area contributed by atoms with E-state index in [1.54, 1.807) is 0 Å². The smallest absolute Gasteiger partial charge is 0.240 e. The summed E-state index contributed by atoms with van der Waals surface area (Å²) in [6.07, 6.45) is -2.81. The predicted octanol–water partition coefficient (Wildman–Crippen LogP) is 2.12. The van der Waals surface area contributed by atoms with Gasteiger partial charge in [-0.3, -0.25) is 4.90 Å². The van der Waals surface area contributed by atoms with E-state index in [1.165, 1.54) is 18.2 Å². The van der Waals surface area contributed by atoms with Crippen molar-refractivity contribution in [2.24, 2.45) is 0 Å². The molecule has 4 nitrogen and oxygen atoms in total. The number of alkyl halides is 2. The predicted molar refractivity (Wildman–Crippen MR) is 74.8 cm³/mol. The van der Waals surface area contributed by atoms with Crippen LogP contribution in [-0.2, 0) is 0 Å². The molecule has 7 heteroatoms. The van der Waals surface area contributed by atoms with E-state index in [2.05, 4.69) is 5.32 Å². The molecular weight excluding hydrogens is 290 g/mol. The maximum atomic E-state index is 12.8. The number of rotatable bonds is 4.